The van der Waals surface area contributed by atoms with Crippen LogP contribution in [-0.2, 0) is 0 Å². The minimum Gasteiger partial charge on any atom is -0.387 e. The Labute approximate surface area is 161 Å². The fourth-order valence-electron chi connectivity index (χ4n) is 3.19. The summed E-state index contributed by atoms with van der Waals surface area (Å²) in [6.07, 6.45) is -0.759. The van der Waals surface area contributed by atoms with Crippen molar-refractivity contribution >= 4 is 28.0 Å². The Balaban J connectivity index is 1.44. The van der Waals surface area contributed by atoms with Crippen molar-refractivity contribution in [3.8, 4) is 11.1 Å². The Morgan fingerprint density at radius 3 is 2.48 bits per heavy atom. The van der Waals surface area contributed by atoms with Gasteiger partial charge in [-0.15, -0.1) is 0 Å². The summed E-state index contributed by atoms with van der Waals surface area (Å²) in [4.78, 5) is 12.4. The van der Waals surface area contributed by atoms with Crippen molar-refractivity contribution in [1.82, 2.24) is 5.32 Å². The van der Waals surface area contributed by atoms with Crippen molar-refractivity contribution in [2.45, 2.75) is 6.10 Å². The Morgan fingerprint density at radius 1 is 0.926 bits per heavy atom. The van der Waals surface area contributed by atoms with Gasteiger partial charge >= 0.3 is 0 Å². The summed E-state index contributed by atoms with van der Waals surface area (Å²) >= 11 is 1.65. The zero-order valence-electron chi connectivity index (χ0n) is 14.6. The lowest BCUT2D eigenvalue weighted by Gasteiger charge is -2.15. The number of hydrogen-bond donors (Lipinski definition) is 2. The maximum atomic E-state index is 12.4. The third-order valence-corrected chi connectivity index (χ3v) is 5.32. The van der Waals surface area contributed by atoms with Gasteiger partial charge in [-0.05, 0) is 56.4 Å². The van der Waals surface area contributed by atoms with E-state index in [-0.39, 0.29) is 12.5 Å². The molecule has 3 nitrogen and oxygen atoms in total. The quantitative estimate of drug-likeness (QED) is 0.515. The van der Waals surface area contributed by atoms with Gasteiger partial charge in [0.15, 0.2) is 0 Å². The normalized spacial score (nSPS) is 12.0. The second-order valence-electron chi connectivity index (χ2n) is 6.38. The van der Waals surface area contributed by atoms with Gasteiger partial charge in [0.2, 0.25) is 0 Å². The van der Waals surface area contributed by atoms with Crippen molar-refractivity contribution in [2.24, 2.45) is 0 Å². The second-order valence-corrected chi connectivity index (χ2v) is 7.16. The molecule has 0 saturated carbocycles. The van der Waals surface area contributed by atoms with E-state index >= 15 is 0 Å². The van der Waals surface area contributed by atoms with Gasteiger partial charge in [0.05, 0.1) is 6.10 Å². The topological polar surface area (TPSA) is 49.3 Å². The van der Waals surface area contributed by atoms with E-state index in [0.29, 0.717) is 5.56 Å². The lowest BCUT2D eigenvalue weighted by molar-refractivity contribution is 0.0917. The minimum atomic E-state index is -0.759. The molecule has 3 aromatic carbocycles. The highest BCUT2D eigenvalue weighted by atomic mass is 32.1. The lowest BCUT2D eigenvalue weighted by Crippen LogP contribution is -2.28. The number of thiophene rings is 1. The maximum absolute atomic E-state index is 12.4. The van der Waals surface area contributed by atoms with Crippen LogP contribution < -0.4 is 5.32 Å². The first kappa shape index (κ1) is 17.5. The van der Waals surface area contributed by atoms with Crippen LogP contribution >= 0.6 is 11.3 Å². The van der Waals surface area contributed by atoms with Crippen LogP contribution in [0.25, 0.3) is 21.9 Å². The van der Waals surface area contributed by atoms with E-state index < -0.39 is 6.10 Å². The van der Waals surface area contributed by atoms with Crippen LogP contribution in [-0.4, -0.2) is 17.6 Å². The van der Waals surface area contributed by atoms with Crippen molar-refractivity contribution in [3.63, 3.8) is 0 Å². The van der Waals surface area contributed by atoms with Gasteiger partial charge in [-0.2, -0.15) is 11.3 Å². The minimum absolute atomic E-state index is 0.166. The number of hydrogen-bond acceptors (Lipinski definition) is 3. The Hall–Kier alpha value is -2.95. The predicted molar refractivity (Wildman–Crippen MR) is 111 cm³/mol. The molecule has 4 heteroatoms. The van der Waals surface area contributed by atoms with Gasteiger partial charge in [0, 0.05) is 12.1 Å². The summed E-state index contributed by atoms with van der Waals surface area (Å²) in [5.41, 5.74) is 3.64. The molecule has 0 bridgehead atoms. The summed E-state index contributed by atoms with van der Waals surface area (Å²) in [5, 5.41) is 19.6. The van der Waals surface area contributed by atoms with Crippen LogP contribution in [0.1, 0.15) is 22.0 Å². The molecule has 4 rings (SSSR count). The molecule has 4 aromatic rings. The molecular weight excluding hydrogens is 354 g/mol. The molecule has 1 unspecified atom stereocenters. The summed E-state index contributed by atoms with van der Waals surface area (Å²) < 4.78 is 0. The number of benzene rings is 3. The molecule has 27 heavy (non-hydrogen) atoms. The molecular formula is C23H19NO2S. The highest BCUT2D eigenvalue weighted by molar-refractivity contribution is 7.08. The van der Waals surface area contributed by atoms with Crippen LogP contribution in [0, 0.1) is 0 Å². The number of amides is 1. The maximum Gasteiger partial charge on any atom is 0.251 e. The van der Waals surface area contributed by atoms with E-state index in [2.05, 4.69) is 16.8 Å². The van der Waals surface area contributed by atoms with E-state index in [1.165, 1.54) is 0 Å². The van der Waals surface area contributed by atoms with Gasteiger partial charge in [0.25, 0.3) is 5.91 Å². The molecule has 0 aliphatic carbocycles. The number of carbonyl (C=O) groups is 1. The van der Waals surface area contributed by atoms with Crippen molar-refractivity contribution in [1.29, 1.82) is 0 Å². The van der Waals surface area contributed by atoms with E-state index in [0.717, 1.165) is 27.5 Å². The van der Waals surface area contributed by atoms with Crippen LogP contribution in [0.5, 0.6) is 0 Å². The van der Waals surface area contributed by atoms with Crippen LogP contribution in [0.3, 0.4) is 0 Å². The summed E-state index contributed by atoms with van der Waals surface area (Å²) in [6.45, 7) is 0.166. The van der Waals surface area contributed by atoms with Gasteiger partial charge in [-0.3, -0.25) is 4.79 Å². The monoisotopic (exact) mass is 373 g/mol. The zero-order chi connectivity index (χ0) is 18.6. The number of carbonyl (C=O) groups excluding carboxylic acids is 1. The zero-order valence-corrected chi connectivity index (χ0v) is 15.4. The Kier molecular flexibility index (Phi) is 5.01. The molecule has 134 valence electrons. The fraction of sp³-hybridized carbons (Fsp3) is 0.0870. The standard InChI is InChI=1S/C23H19NO2S/c25-22(21-7-3-5-17-4-1-2-6-20(17)21)14-24-23(26)18-10-8-16(9-11-18)19-12-13-27-15-19/h1-13,15,22,25H,14H2,(H,24,26). The fourth-order valence-corrected chi connectivity index (χ4v) is 3.85. The Morgan fingerprint density at radius 2 is 1.70 bits per heavy atom. The number of aliphatic hydroxyl groups is 1. The summed E-state index contributed by atoms with van der Waals surface area (Å²) in [5.74, 6) is -0.189. The summed E-state index contributed by atoms with van der Waals surface area (Å²) in [6, 6.07) is 23.3. The average molecular weight is 373 g/mol. The van der Waals surface area contributed by atoms with E-state index in [4.69, 9.17) is 0 Å². The molecule has 0 aliphatic heterocycles. The van der Waals surface area contributed by atoms with Crippen molar-refractivity contribution in [3.05, 3.63) is 94.7 Å². The average Bonchev–Trinajstić information content (AvgIpc) is 3.26. The molecule has 0 saturated heterocycles. The highest BCUT2D eigenvalue weighted by Gasteiger charge is 2.13. The first-order chi connectivity index (χ1) is 13.2. The first-order valence-corrected chi connectivity index (χ1v) is 9.73. The molecule has 1 aromatic heterocycles. The van der Waals surface area contributed by atoms with Crippen LogP contribution in [0.4, 0.5) is 0 Å². The molecule has 0 radical (unpaired) electrons. The van der Waals surface area contributed by atoms with E-state index in [1.54, 1.807) is 11.3 Å². The number of nitrogens with one attached hydrogen (secondary N) is 1. The number of rotatable bonds is 5. The third kappa shape index (κ3) is 3.77. The van der Waals surface area contributed by atoms with E-state index in [9.17, 15) is 9.90 Å². The molecule has 0 fully saturated rings. The molecule has 1 heterocycles. The number of aliphatic hydroxyl groups excluding tert-OH is 1. The SMILES string of the molecule is O=C(NCC(O)c1cccc2ccccc12)c1ccc(-c2ccsc2)cc1. The van der Waals surface area contributed by atoms with E-state index in [1.807, 2.05) is 72.1 Å². The van der Waals surface area contributed by atoms with Gasteiger partial charge in [-0.1, -0.05) is 54.6 Å². The molecule has 0 spiro atoms. The molecule has 0 aliphatic rings. The van der Waals surface area contributed by atoms with Gasteiger partial charge in [0.1, 0.15) is 0 Å². The van der Waals surface area contributed by atoms with Crippen LogP contribution in [0.2, 0.25) is 0 Å². The predicted octanol–water partition coefficient (Wildman–Crippen LogP) is 5.03. The Bertz CT molecular complexity index is 1050. The molecule has 1 amide bonds. The molecule has 2 N–H and O–H groups in total. The molecule has 1 atom stereocenters. The van der Waals surface area contributed by atoms with Gasteiger partial charge in [-0.25, -0.2) is 0 Å². The number of fused-ring (bicyclic) bond motifs is 1. The first-order valence-electron chi connectivity index (χ1n) is 8.79. The second kappa shape index (κ2) is 7.74. The van der Waals surface area contributed by atoms with Gasteiger partial charge < -0.3 is 10.4 Å². The highest BCUT2D eigenvalue weighted by Crippen LogP contribution is 2.24. The van der Waals surface area contributed by atoms with Crippen molar-refractivity contribution in [2.75, 3.05) is 6.54 Å². The van der Waals surface area contributed by atoms with Crippen molar-refractivity contribution < 1.29 is 9.90 Å². The lowest BCUT2D eigenvalue weighted by atomic mass is 10.0. The summed E-state index contributed by atoms with van der Waals surface area (Å²) in [7, 11) is 0. The smallest absolute Gasteiger partial charge is 0.251 e. The third-order valence-electron chi connectivity index (χ3n) is 4.64. The van der Waals surface area contributed by atoms with Crippen LogP contribution in [0.15, 0.2) is 83.6 Å². The largest absolute Gasteiger partial charge is 0.387 e.